The Hall–Kier alpha value is -1.83. The molecule has 0 bridgehead atoms. The Bertz CT molecular complexity index is 642. The molecule has 2 heterocycles. The summed E-state index contributed by atoms with van der Waals surface area (Å²) < 4.78 is 26.6. The number of rotatable bonds is 6. The Morgan fingerprint density at radius 1 is 1.10 bits per heavy atom. The third-order valence-electron chi connectivity index (χ3n) is 2.72. The van der Waals surface area contributed by atoms with Crippen molar-refractivity contribution in [1.29, 1.82) is 0 Å². The molecule has 2 aromatic rings. The molecule has 3 N–H and O–H groups in total. The van der Waals surface area contributed by atoms with Gasteiger partial charge in [-0.1, -0.05) is 6.07 Å². The highest BCUT2D eigenvalue weighted by Gasteiger charge is 2.13. The molecule has 0 saturated heterocycles. The quantitative estimate of drug-likeness (QED) is 0.806. The maximum atomic E-state index is 12.0. The average Bonchev–Trinajstić information content (AvgIpc) is 2.48. The lowest BCUT2D eigenvalue weighted by Crippen LogP contribution is -2.26. The zero-order chi connectivity index (χ0) is 14.4. The summed E-state index contributed by atoms with van der Waals surface area (Å²) in [7, 11) is -3.54. The smallest absolute Gasteiger partial charge is 0.242 e. The first-order valence-corrected chi connectivity index (χ1v) is 7.65. The first-order chi connectivity index (χ1) is 9.62. The van der Waals surface area contributed by atoms with Gasteiger partial charge in [0.25, 0.3) is 0 Å². The molecular formula is C13H16N4O2S. The van der Waals surface area contributed by atoms with Crippen LogP contribution in [0.1, 0.15) is 11.4 Å². The van der Waals surface area contributed by atoms with E-state index in [9.17, 15) is 8.42 Å². The Balaban J connectivity index is 1.96. The van der Waals surface area contributed by atoms with Crippen LogP contribution >= 0.6 is 0 Å². The molecule has 6 nitrogen and oxygen atoms in total. The normalized spacial score (nSPS) is 11.4. The molecule has 7 heteroatoms. The summed E-state index contributed by atoms with van der Waals surface area (Å²) in [5.74, 6) is 0. The van der Waals surface area contributed by atoms with Crippen LogP contribution in [-0.4, -0.2) is 24.9 Å². The van der Waals surface area contributed by atoms with Crippen LogP contribution in [0, 0.1) is 0 Å². The van der Waals surface area contributed by atoms with Crippen LogP contribution in [0.5, 0.6) is 0 Å². The maximum absolute atomic E-state index is 12.0. The number of nitrogens with zero attached hydrogens (tertiary/aromatic N) is 2. The van der Waals surface area contributed by atoms with Gasteiger partial charge in [-0.25, -0.2) is 13.1 Å². The fraction of sp³-hybridized carbons (Fsp3) is 0.231. The zero-order valence-corrected chi connectivity index (χ0v) is 11.7. The van der Waals surface area contributed by atoms with Crippen LogP contribution in [0.2, 0.25) is 0 Å². The molecule has 0 spiro atoms. The molecule has 0 aromatic carbocycles. The summed E-state index contributed by atoms with van der Waals surface area (Å²) in [6.07, 6.45) is 3.53. The van der Waals surface area contributed by atoms with Crippen LogP contribution in [0.3, 0.4) is 0 Å². The summed E-state index contributed by atoms with van der Waals surface area (Å²) in [5.41, 5.74) is 6.91. The predicted molar refractivity (Wildman–Crippen MR) is 75.3 cm³/mol. The second kappa shape index (κ2) is 6.56. The van der Waals surface area contributed by atoms with E-state index >= 15 is 0 Å². The standard InChI is InChI=1S/C13H16N4O2S/c14-9-12-4-5-13(10-16-12)20(18,19)17-8-6-11-3-1-2-7-15-11/h1-5,7,10,17H,6,8-9,14H2. The number of hydrogen-bond donors (Lipinski definition) is 2. The van der Waals surface area contributed by atoms with Crippen molar-refractivity contribution < 1.29 is 8.42 Å². The summed E-state index contributed by atoms with van der Waals surface area (Å²) >= 11 is 0. The van der Waals surface area contributed by atoms with Crippen molar-refractivity contribution in [1.82, 2.24) is 14.7 Å². The molecule has 20 heavy (non-hydrogen) atoms. The number of aromatic nitrogens is 2. The Morgan fingerprint density at radius 2 is 1.95 bits per heavy atom. The van der Waals surface area contributed by atoms with Gasteiger partial charge in [0.05, 0.1) is 5.69 Å². The average molecular weight is 292 g/mol. The zero-order valence-electron chi connectivity index (χ0n) is 10.9. The highest BCUT2D eigenvalue weighted by molar-refractivity contribution is 7.89. The molecule has 0 saturated carbocycles. The molecule has 0 aliphatic heterocycles. The van der Waals surface area contributed by atoms with Crippen molar-refractivity contribution in [3.8, 4) is 0 Å². The number of nitrogens with two attached hydrogens (primary N) is 1. The topological polar surface area (TPSA) is 98.0 Å². The van der Waals surface area contributed by atoms with Gasteiger partial charge in [0.15, 0.2) is 0 Å². The lowest BCUT2D eigenvalue weighted by molar-refractivity contribution is 0.580. The van der Waals surface area contributed by atoms with Crippen molar-refractivity contribution in [2.45, 2.75) is 17.9 Å². The molecule has 106 valence electrons. The van der Waals surface area contributed by atoms with Crippen molar-refractivity contribution in [3.05, 3.63) is 54.1 Å². The van der Waals surface area contributed by atoms with Crippen LogP contribution in [0.4, 0.5) is 0 Å². The minimum atomic E-state index is -3.54. The highest BCUT2D eigenvalue weighted by atomic mass is 32.2. The maximum Gasteiger partial charge on any atom is 0.242 e. The van der Waals surface area contributed by atoms with Gasteiger partial charge in [0.2, 0.25) is 10.0 Å². The van der Waals surface area contributed by atoms with E-state index in [2.05, 4.69) is 14.7 Å². The molecule has 0 fully saturated rings. The summed E-state index contributed by atoms with van der Waals surface area (Å²) in [6.45, 7) is 0.575. The van der Waals surface area contributed by atoms with E-state index in [1.54, 1.807) is 12.3 Å². The van der Waals surface area contributed by atoms with E-state index in [4.69, 9.17) is 5.73 Å². The number of pyridine rings is 2. The minimum absolute atomic E-state index is 0.135. The van der Waals surface area contributed by atoms with Gasteiger partial charge in [-0.3, -0.25) is 9.97 Å². The summed E-state index contributed by atoms with van der Waals surface area (Å²) in [6, 6.07) is 8.64. The molecule has 0 radical (unpaired) electrons. The van der Waals surface area contributed by atoms with Gasteiger partial charge in [0, 0.05) is 37.6 Å². The second-order valence-electron chi connectivity index (χ2n) is 4.16. The van der Waals surface area contributed by atoms with Gasteiger partial charge in [-0.2, -0.15) is 0 Å². The summed E-state index contributed by atoms with van der Waals surface area (Å²) in [5, 5.41) is 0. The SMILES string of the molecule is NCc1ccc(S(=O)(=O)NCCc2ccccn2)cn1. The predicted octanol–water partition coefficient (Wildman–Crippen LogP) is 0.456. The van der Waals surface area contributed by atoms with Gasteiger partial charge >= 0.3 is 0 Å². The van der Waals surface area contributed by atoms with Gasteiger partial charge in [-0.05, 0) is 24.3 Å². The van der Waals surface area contributed by atoms with E-state index in [0.717, 1.165) is 5.69 Å². The lowest BCUT2D eigenvalue weighted by Gasteiger charge is -2.06. The fourth-order valence-electron chi connectivity index (χ4n) is 1.63. The molecule has 0 aliphatic carbocycles. The molecule has 0 unspecified atom stereocenters. The van der Waals surface area contributed by atoms with E-state index in [1.165, 1.54) is 12.3 Å². The molecule has 2 aromatic heterocycles. The first-order valence-electron chi connectivity index (χ1n) is 6.16. The van der Waals surface area contributed by atoms with E-state index < -0.39 is 10.0 Å². The van der Waals surface area contributed by atoms with Crippen molar-refractivity contribution in [3.63, 3.8) is 0 Å². The third-order valence-corrected chi connectivity index (χ3v) is 4.16. The van der Waals surface area contributed by atoms with Crippen LogP contribution in [0.25, 0.3) is 0 Å². The summed E-state index contributed by atoms with van der Waals surface area (Å²) in [4.78, 5) is 8.24. The molecule has 0 amide bonds. The molecule has 0 aliphatic rings. The van der Waals surface area contributed by atoms with Crippen LogP contribution in [0.15, 0.2) is 47.6 Å². The Kier molecular flexibility index (Phi) is 4.78. The van der Waals surface area contributed by atoms with E-state index in [1.807, 2.05) is 18.2 Å². The molecule has 2 rings (SSSR count). The third kappa shape index (κ3) is 3.83. The van der Waals surface area contributed by atoms with Gasteiger partial charge < -0.3 is 5.73 Å². The molecule has 0 atom stereocenters. The largest absolute Gasteiger partial charge is 0.325 e. The highest BCUT2D eigenvalue weighted by Crippen LogP contribution is 2.07. The fourth-order valence-corrected chi connectivity index (χ4v) is 2.61. The lowest BCUT2D eigenvalue weighted by atomic mass is 10.3. The van der Waals surface area contributed by atoms with Crippen LogP contribution in [-0.2, 0) is 23.0 Å². The van der Waals surface area contributed by atoms with Gasteiger partial charge in [0.1, 0.15) is 4.90 Å². The van der Waals surface area contributed by atoms with Crippen molar-refractivity contribution in [2.24, 2.45) is 5.73 Å². The number of hydrogen-bond acceptors (Lipinski definition) is 5. The van der Waals surface area contributed by atoms with Crippen LogP contribution < -0.4 is 10.5 Å². The van der Waals surface area contributed by atoms with Gasteiger partial charge in [-0.15, -0.1) is 0 Å². The van der Waals surface area contributed by atoms with E-state index in [-0.39, 0.29) is 18.0 Å². The van der Waals surface area contributed by atoms with Crippen molar-refractivity contribution in [2.75, 3.05) is 6.54 Å². The minimum Gasteiger partial charge on any atom is -0.325 e. The second-order valence-corrected chi connectivity index (χ2v) is 5.93. The Morgan fingerprint density at radius 3 is 2.55 bits per heavy atom. The van der Waals surface area contributed by atoms with Crippen molar-refractivity contribution >= 4 is 10.0 Å². The number of nitrogens with one attached hydrogen (secondary N) is 1. The number of sulfonamides is 1. The monoisotopic (exact) mass is 292 g/mol. The Labute approximate surface area is 118 Å². The van der Waals surface area contributed by atoms with E-state index in [0.29, 0.717) is 12.1 Å². The molecular weight excluding hydrogens is 276 g/mol. The first kappa shape index (κ1) is 14.6.